The van der Waals surface area contributed by atoms with Gasteiger partial charge in [-0.15, -0.1) is 6.58 Å². The van der Waals surface area contributed by atoms with Crippen LogP contribution in [0.1, 0.15) is 42.3 Å². The monoisotopic (exact) mass is 368 g/mol. The van der Waals surface area contributed by atoms with Gasteiger partial charge in [0.2, 0.25) is 0 Å². The molecule has 2 aromatic rings. The van der Waals surface area contributed by atoms with Crippen LogP contribution in [-0.2, 0) is 13.1 Å². The van der Waals surface area contributed by atoms with Crippen molar-refractivity contribution in [3.63, 3.8) is 0 Å². The lowest BCUT2D eigenvalue weighted by Crippen LogP contribution is -2.31. The van der Waals surface area contributed by atoms with Crippen molar-refractivity contribution in [1.29, 1.82) is 0 Å². The first-order chi connectivity index (χ1) is 13.0. The van der Waals surface area contributed by atoms with Gasteiger partial charge < -0.3 is 4.90 Å². The second-order valence-electron chi connectivity index (χ2n) is 6.92. The fourth-order valence-electron chi connectivity index (χ4n) is 3.04. The normalized spacial score (nSPS) is 11.0. The molecule has 0 N–H and O–H groups in total. The van der Waals surface area contributed by atoms with E-state index in [0.29, 0.717) is 23.7 Å². The van der Waals surface area contributed by atoms with Gasteiger partial charge in [-0.25, -0.2) is 4.39 Å². The molecule has 1 amide bonds. The first-order valence-corrected chi connectivity index (χ1v) is 9.42. The number of carbonyl (C=O) groups is 1. The summed E-state index contributed by atoms with van der Waals surface area (Å²) in [5, 5.41) is 0. The van der Waals surface area contributed by atoms with Gasteiger partial charge in [-0.2, -0.15) is 0 Å². The Bertz CT molecular complexity index is 755. The van der Waals surface area contributed by atoms with Gasteiger partial charge in [-0.1, -0.05) is 43.3 Å². The van der Waals surface area contributed by atoms with Crippen molar-refractivity contribution in [3.8, 4) is 0 Å². The van der Waals surface area contributed by atoms with Crippen LogP contribution in [0.3, 0.4) is 0 Å². The highest BCUT2D eigenvalue weighted by atomic mass is 19.1. The summed E-state index contributed by atoms with van der Waals surface area (Å²) in [4.78, 5) is 16.9. The summed E-state index contributed by atoms with van der Waals surface area (Å²) in [5.74, 6) is -0.427. The zero-order valence-corrected chi connectivity index (χ0v) is 16.5. The average molecular weight is 368 g/mol. The molecule has 0 radical (unpaired) electrons. The molecule has 0 aliphatic heterocycles. The molecule has 0 bridgehead atoms. The maximum atomic E-state index is 14.0. The van der Waals surface area contributed by atoms with Gasteiger partial charge in [0, 0.05) is 36.8 Å². The highest BCUT2D eigenvalue weighted by molar-refractivity contribution is 5.94. The maximum absolute atomic E-state index is 14.0. The van der Waals surface area contributed by atoms with Crippen molar-refractivity contribution >= 4 is 5.91 Å². The van der Waals surface area contributed by atoms with Crippen LogP contribution < -0.4 is 0 Å². The minimum absolute atomic E-state index is 0.124. The minimum atomic E-state index is -0.303. The number of amides is 1. The van der Waals surface area contributed by atoms with Gasteiger partial charge in [-0.3, -0.25) is 9.69 Å². The van der Waals surface area contributed by atoms with E-state index in [2.05, 4.69) is 32.3 Å². The Balaban J connectivity index is 2.13. The van der Waals surface area contributed by atoms with Crippen molar-refractivity contribution in [2.75, 3.05) is 13.1 Å². The van der Waals surface area contributed by atoms with Gasteiger partial charge in [0.15, 0.2) is 0 Å². The summed E-state index contributed by atoms with van der Waals surface area (Å²) in [7, 11) is 0. The second kappa shape index (κ2) is 10.0. The van der Waals surface area contributed by atoms with Crippen molar-refractivity contribution < 1.29 is 9.18 Å². The predicted molar refractivity (Wildman–Crippen MR) is 109 cm³/mol. The molecule has 3 nitrogen and oxygen atoms in total. The first-order valence-electron chi connectivity index (χ1n) is 9.42. The predicted octanol–water partition coefficient (Wildman–Crippen LogP) is 4.88. The van der Waals surface area contributed by atoms with Gasteiger partial charge in [0.05, 0.1) is 0 Å². The minimum Gasteiger partial charge on any atom is -0.331 e. The number of nitrogens with zero attached hydrogens (tertiary/aromatic N) is 2. The highest BCUT2D eigenvalue weighted by Crippen LogP contribution is 2.15. The Labute approximate surface area is 162 Å². The van der Waals surface area contributed by atoms with E-state index in [0.717, 1.165) is 13.1 Å². The first kappa shape index (κ1) is 20.8. The van der Waals surface area contributed by atoms with E-state index in [1.54, 1.807) is 29.2 Å². The Kier molecular flexibility index (Phi) is 7.74. The Morgan fingerprint density at radius 3 is 2.33 bits per heavy atom. The molecular weight excluding hydrogens is 339 g/mol. The summed E-state index contributed by atoms with van der Waals surface area (Å²) >= 11 is 0. The molecule has 144 valence electrons. The van der Waals surface area contributed by atoms with Crippen LogP contribution in [0.5, 0.6) is 0 Å². The topological polar surface area (TPSA) is 23.6 Å². The van der Waals surface area contributed by atoms with Gasteiger partial charge in [0.1, 0.15) is 5.82 Å². The third-order valence-electron chi connectivity index (χ3n) is 4.68. The summed E-state index contributed by atoms with van der Waals surface area (Å²) in [5.41, 5.74) is 2.27. The zero-order chi connectivity index (χ0) is 19.8. The van der Waals surface area contributed by atoms with Crippen LogP contribution >= 0.6 is 0 Å². The molecule has 0 aromatic heterocycles. The third kappa shape index (κ3) is 5.76. The van der Waals surface area contributed by atoms with Crippen LogP contribution in [0.15, 0.2) is 61.2 Å². The molecule has 0 unspecified atom stereocenters. The summed E-state index contributed by atoms with van der Waals surface area (Å²) in [6, 6.07) is 14.7. The van der Waals surface area contributed by atoms with Crippen LogP contribution in [0.25, 0.3) is 0 Å². The fourth-order valence-corrected chi connectivity index (χ4v) is 3.04. The number of hydrogen-bond acceptors (Lipinski definition) is 2. The number of hydrogen-bond donors (Lipinski definition) is 0. The van der Waals surface area contributed by atoms with E-state index < -0.39 is 0 Å². The molecule has 0 atom stereocenters. The lowest BCUT2D eigenvalue weighted by Gasteiger charge is -2.25. The van der Waals surface area contributed by atoms with Crippen LogP contribution in [0.4, 0.5) is 4.39 Å². The standard InChI is InChI=1S/C23H29FN2O/c1-5-15-26(17-21-9-7-8-10-22(21)24)23(27)20-13-11-19(12-14-20)16-25(6-2)18(3)4/h5,7-14,18H,1,6,15-17H2,2-4H3. The van der Waals surface area contributed by atoms with Crippen LogP contribution in [-0.4, -0.2) is 34.8 Å². The van der Waals surface area contributed by atoms with Crippen molar-refractivity contribution in [2.45, 2.75) is 39.9 Å². The zero-order valence-electron chi connectivity index (χ0n) is 16.5. The van der Waals surface area contributed by atoms with Crippen LogP contribution in [0, 0.1) is 5.82 Å². The summed E-state index contributed by atoms with van der Waals surface area (Å²) < 4.78 is 14.0. The van der Waals surface area contributed by atoms with E-state index in [4.69, 9.17) is 0 Å². The Hall–Kier alpha value is -2.46. The Morgan fingerprint density at radius 2 is 1.78 bits per heavy atom. The SMILES string of the molecule is C=CCN(Cc1ccccc1F)C(=O)c1ccc(CN(CC)C(C)C)cc1. The molecule has 0 heterocycles. The lowest BCUT2D eigenvalue weighted by atomic mass is 10.1. The number of halogens is 1. The smallest absolute Gasteiger partial charge is 0.254 e. The summed E-state index contributed by atoms with van der Waals surface area (Å²) in [6.45, 7) is 12.6. The molecule has 27 heavy (non-hydrogen) atoms. The quantitative estimate of drug-likeness (QED) is 0.589. The summed E-state index contributed by atoms with van der Waals surface area (Å²) in [6.07, 6.45) is 1.66. The molecule has 0 spiro atoms. The van der Waals surface area contributed by atoms with E-state index in [9.17, 15) is 9.18 Å². The third-order valence-corrected chi connectivity index (χ3v) is 4.68. The van der Waals surface area contributed by atoms with Crippen LogP contribution in [0.2, 0.25) is 0 Å². The van der Waals surface area contributed by atoms with E-state index in [1.807, 2.05) is 24.3 Å². The second-order valence-corrected chi connectivity index (χ2v) is 6.92. The highest BCUT2D eigenvalue weighted by Gasteiger charge is 2.17. The van der Waals surface area contributed by atoms with Gasteiger partial charge in [0.25, 0.3) is 5.91 Å². The molecule has 4 heteroatoms. The molecule has 2 rings (SSSR count). The fraction of sp³-hybridized carbons (Fsp3) is 0.348. The number of rotatable bonds is 9. The Morgan fingerprint density at radius 1 is 1.11 bits per heavy atom. The van der Waals surface area contributed by atoms with Crippen molar-refractivity contribution in [3.05, 3.63) is 83.7 Å². The molecule has 0 fully saturated rings. The largest absolute Gasteiger partial charge is 0.331 e. The average Bonchev–Trinajstić information content (AvgIpc) is 2.67. The number of carbonyl (C=O) groups excluding carboxylic acids is 1. The van der Waals surface area contributed by atoms with Crippen molar-refractivity contribution in [1.82, 2.24) is 9.80 Å². The molecule has 2 aromatic carbocycles. The molecule has 0 aliphatic carbocycles. The molecule has 0 aliphatic rings. The number of benzene rings is 2. The van der Waals surface area contributed by atoms with E-state index in [-0.39, 0.29) is 18.3 Å². The molecule has 0 saturated carbocycles. The lowest BCUT2D eigenvalue weighted by molar-refractivity contribution is 0.0761. The maximum Gasteiger partial charge on any atom is 0.254 e. The molecule has 0 saturated heterocycles. The van der Waals surface area contributed by atoms with Gasteiger partial charge in [-0.05, 0) is 44.2 Å². The van der Waals surface area contributed by atoms with Crippen molar-refractivity contribution in [2.24, 2.45) is 0 Å². The van der Waals surface area contributed by atoms with E-state index in [1.165, 1.54) is 11.6 Å². The van der Waals surface area contributed by atoms with Gasteiger partial charge >= 0.3 is 0 Å². The van der Waals surface area contributed by atoms with E-state index >= 15 is 0 Å². The molecular formula is C23H29FN2O.